The smallest absolute Gasteiger partial charge is 0.191 e. The van der Waals surface area contributed by atoms with E-state index in [4.69, 9.17) is 5.26 Å². The van der Waals surface area contributed by atoms with E-state index in [1.54, 1.807) is 0 Å². The lowest BCUT2D eigenvalue weighted by atomic mass is 9.96. The molecule has 26 heavy (non-hydrogen) atoms. The van der Waals surface area contributed by atoms with Crippen molar-refractivity contribution in [3.8, 4) is 6.07 Å². The second kappa shape index (κ2) is 9.58. The summed E-state index contributed by atoms with van der Waals surface area (Å²) < 4.78 is 0. The van der Waals surface area contributed by atoms with Crippen LogP contribution in [-0.4, -0.2) is 19.0 Å². The van der Waals surface area contributed by atoms with Crippen LogP contribution in [0.15, 0.2) is 59.6 Å². The molecule has 1 aliphatic carbocycles. The predicted molar refractivity (Wildman–Crippen MR) is 117 cm³/mol. The Kier molecular flexibility index (Phi) is 7.46. The molecule has 1 saturated carbocycles. The summed E-state index contributed by atoms with van der Waals surface area (Å²) in [6.07, 6.45) is 2.44. The third-order valence-corrected chi connectivity index (χ3v) is 4.68. The van der Waals surface area contributed by atoms with E-state index in [2.05, 4.69) is 59.0 Å². The van der Waals surface area contributed by atoms with Crippen LogP contribution in [0.2, 0.25) is 0 Å². The van der Waals surface area contributed by atoms with Crippen molar-refractivity contribution in [1.82, 2.24) is 10.6 Å². The van der Waals surface area contributed by atoms with Crippen molar-refractivity contribution >= 4 is 29.9 Å². The summed E-state index contributed by atoms with van der Waals surface area (Å²) in [4.78, 5) is 4.68. The zero-order valence-electron chi connectivity index (χ0n) is 15.0. The van der Waals surface area contributed by atoms with Gasteiger partial charge in [-0.3, -0.25) is 0 Å². The van der Waals surface area contributed by atoms with Crippen LogP contribution in [0.4, 0.5) is 0 Å². The lowest BCUT2D eigenvalue weighted by molar-refractivity contribution is 0.646. The lowest BCUT2D eigenvalue weighted by Crippen LogP contribution is -2.41. The Labute approximate surface area is 172 Å². The molecular weight excluding hydrogens is 435 g/mol. The molecule has 0 aliphatic heterocycles. The Hall–Kier alpha value is -2.07. The summed E-state index contributed by atoms with van der Waals surface area (Å²) in [5.41, 5.74) is 3.44. The van der Waals surface area contributed by atoms with E-state index in [1.807, 2.05) is 24.3 Å². The van der Waals surface area contributed by atoms with E-state index in [0.29, 0.717) is 12.1 Å². The number of nitrogens with zero attached hydrogens (tertiary/aromatic N) is 2. The largest absolute Gasteiger partial charge is 0.357 e. The van der Waals surface area contributed by atoms with E-state index in [9.17, 15) is 0 Å². The molecule has 3 rings (SSSR count). The molecule has 2 N–H and O–H groups in total. The lowest BCUT2D eigenvalue weighted by Gasteiger charge is -2.19. The molecule has 0 unspecified atom stereocenters. The fourth-order valence-electron chi connectivity index (χ4n) is 2.96. The Morgan fingerprint density at radius 2 is 1.77 bits per heavy atom. The fraction of sp³-hybridized carbons (Fsp3) is 0.333. The van der Waals surface area contributed by atoms with Gasteiger partial charge in [0.05, 0.1) is 18.2 Å². The monoisotopic (exact) mass is 460 g/mol. The normalized spacial score (nSPS) is 14.7. The third-order valence-electron chi connectivity index (χ3n) is 4.68. The van der Waals surface area contributed by atoms with Gasteiger partial charge >= 0.3 is 0 Å². The maximum absolute atomic E-state index is 8.87. The average molecular weight is 460 g/mol. The maximum Gasteiger partial charge on any atom is 0.191 e. The van der Waals surface area contributed by atoms with E-state index >= 15 is 0 Å². The number of rotatable bonds is 6. The molecule has 2 aromatic rings. The minimum Gasteiger partial charge on any atom is -0.357 e. The van der Waals surface area contributed by atoms with E-state index in [1.165, 1.54) is 18.4 Å². The van der Waals surface area contributed by atoms with Crippen molar-refractivity contribution in [2.24, 2.45) is 4.99 Å². The zero-order valence-corrected chi connectivity index (χ0v) is 17.4. The van der Waals surface area contributed by atoms with Crippen LogP contribution in [0.3, 0.4) is 0 Å². The summed E-state index contributed by atoms with van der Waals surface area (Å²) in [6.45, 7) is 4.40. The summed E-state index contributed by atoms with van der Waals surface area (Å²) in [5, 5.41) is 15.7. The number of hydrogen-bond acceptors (Lipinski definition) is 2. The maximum atomic E-state index is 8.87. The van der Waals surface area contributed by atoms with Crippen molar-refractivity contribution in [3.05, 3.63) is 71.3 Å². The molecule has 0 saturated heterocycles. The summed E-state index contributed by atoms with van der Waals surface area (Å²) in [5.74, 6) is 0.842. The van der Waals surface area contributed by atoms with Crippen LogP contribution in [0.5, 0.6) is 0 Å². The van der Waals surface area contributed by atoms with Crippen molar-refractivity contribution in [3.63, 3.8) is 0 Å². The minimum atomic E-state index is 0. The van der Waals surface area contributed by atoms with Gasteiger partial charge in [-0.1, -0.05) is 42.5 Å². The van der Waals surface area contributed by atoms with Gasteiger partial charge in [-0.05, 0) is 43.0 Å². The van der Waals surface area contributed by atoms with Crippen molar-refractivity contribution in [1.29, 1.82) is 5.26 Å². The molecule has 0 aromatic heterocycles. The molecule has 1 aliphatic rings. The Morgan fingerprint density at radius 1 is 1.08 bits per heavy atom. The van der Waals surface area contributed by atoms with Gasteiger partial charge in [-0.2, -0.15) is 5.26 Å². The van der Waals surface area contributed by atoms with Crippen LogP contribution in [0, 0.1) is 11.3 Å². The Bertz CT molecular complexity index is 759. The fourth-order valence-corrected chi connectivity index (χ4v) is 2.96. The number of hydrogen-bond donors (Lipinski definition) is 2. The van der Waals surface area contributed by atoms with Crippen molar-refractivity contribution < 1.29 is 0 Å². The highest BCUT2D eigenvalue weighted by Crippen LogP contribution is 2.47. The Balaban J connectivity index is 0.00000243. The number of guanidine groups is 1. The first-order valence-electron chi connectivity index (χ1n) is 8.82. The minimum absolute atomic E-state index is 0. The molecule has 2 aromatic carbocycles. The first kappa shape index (κ1) is 20.2. The SMILES string of the molecule is CCNC(=NCc1ccc(C#N)cc1)NCC1(c2ccccc2)CC1.I. The van der Waals surface area contributed by atoms with Crippen LogP contribution in [-0.2, 0) is 12.0 Å². The van der Waals surface area contributed by atoms with Crippen LogP contribution < -0.4 is 10.6 Å². The summed E-state index contributed by atoms with van der Waals surface area (Å²) in [6, 6.07) is 20.4. The summed E-state index contributed by atoms with van der Waals surface area (Å²) >= 11 is 0. The van der Waals surface area contributed by atoms with E-state index in [0.717, 1.165) is 24.6 Å². The van der Waals surface area contributed by atoms with Crippen LogP contribution >= 0.6 is 24.0 Å². The third kappa shape index (κ3) is 5.21. The Morgan fingerprint density at radius 3 is 2.35 bits per heavy atom. The van der Waals surface area contributed by atoms with Crippen molar-refractivity contribution in [2.75, 3.05) is 13.1 Å². The van der Waals surface area contributed by atoms with E-state index in [-0.39, 0.29) is 29.4 Å². The number of nitriles is 1. The highest BCUT2D eigenvalue weighted by Gasteiger charge is 2.43. The second-order valence-corrected chi connectivity index (χ2v) is 6.50. The molecule has 0 heterocycles. The molecule has 4 nitrogen and oxygen atoms in total. The summed E-state index contributed by atoms with van der Waals surface area (Å²) in [7, 11) is 0. The molecule has 136 valence electrons. The van der Waals surface area contributed by atoms with Gasteiger partial charge in [-0.25, -0.2) is 4.99 Å². The van der Waals surface area contributed by atoms with Crippen molar-refractivity contribution in [2.45, 2.75) is 31.7 Å². The number of nitrogens with one attached hydrogen (secondary N) is 2. The van der Waals surface area contributed by atoms with Crippen LogP contribution in [0.1, 0.15) is 36.5 Å². The molecule has 5 heteroatoms. The molecule has 0 atom stereocenters. The molecular formula is C21H25IN4. The quantitative estimate of drug-likeness (QED) is 0.390. The molecule has 0 spiro atoms. The van der Waals surface area contributed by atoms with Gasteiger partial charge in [0.25, 0.3) is 0 Å². The van der Waals surface area contributed by atoms with Gasteiger partial charge in [0.2, 0.25) is 0 Å². The standard InChI is InChI=1S/C21H24N4.HI/c1-2-23-20(24-15-18-10-8-17(14-22)9-11-18)25-16-21(12-13-21)19-6-4-3-5-7-19;/h3-11H,2,12-13,15-16H2,1H3,(H2,23,24,25);1H. The predicted octanol–water partition coefficient (Wildman–Crippen LogP) is 3.96. The van der Waals surface area contributed by atoms with Gasteiger partial charge in [-0.15, -0.1) is 24.0 Å². The average Bonchev–Trinajstić information content (AvgIpc) is 3.46. The highest BCUT2D eigenvalue weighted by atomic mass is 127. The molecule has 0 radical (unpaired) electrons. The van der Waals surface area contributed by atoms with Gasteiger partial charge in [0.1, 0.15) is 0 Å². The van der Waals surface area contributed by atoms with Gasteiger partial charge in [0.15, 0.2) is 5.96 Å². The number of aliphatic imine (C=N–C) groups is 1. The first-order chi connectivity index (χ1) is 12.3. The van der Waals surface area contributed by atoms with Crippen LogP contribution in [0.25, 0.3) is 0 Å². The van der Waals surface area contributed by atoms with Gasteiger partial charge in [0, 0.05) is 18.5 Å². The number of benzene rings is 2. The van der Waals surface area contributed by atoms with E-state index < -0.39 is 0 Å². The number of halogens is 1. The van der Waals surface area contributed by atoms with Gasteiger partial charge < -0.3 is 10.6 Å². The zero-order chi connectivity index (χ0) is 17.5. The molecule has 1 fully saturated rings. The molecule has 0 bridgehead atoms. The first-order valence-corrected chi connectivity index (χ1v) is 8.82. The topological polar surface area (TPSA) is 60.2 Å². The highest BCUT2D eigenvalue weighted by molar-refractivity contribution is 14.0. The second-order valence-electron chi connectivity index (χ2n) is 6.50. The molecule has 0 amide bonds.